The van der Waals surface area contributed by atoms with E-state index in [1.807, 2.05) is 19.9 Å². The van der Waals surface area contributed by atoms with Crippen LogP contribution in [0.3, 0.4) is 0 Å². The van der Waals surface area contributed by atoms with Crippen LogP contribution in [0.25, 0.3) is 0 Å². The average Bonchev–Trinajstić information content (AvgIpc) is 3.32. The zero-order valence-electron chi connectivity index (χ0n) is 17.7. The maximum Gasteiger partial charge on any atom is 0.334 e. The van der Waals surface area contributed by atoms with Crippen LogP contribution < -0.4 is 0 Å². The van der Waals surface area contributed by atoms with Crippen molar-refractivity contribution in [3.63, 3.8) is 0 Å². The molecule has 1 N–H and O–H groups in total. The lowest BCUT2D eigenvalue weighted by Crippen LogP contribution is -2.40. The Morgan fingerprint density at radius 2 is 2.10 bits per heavy atom. The lowest BCUT2D eigenvalue weighted by atomic mass is 9.82. The molecular formula is C22H30O8. The number of aliphatic hydroxyl groups excluding tert-OH is 1. The average molecular weight is 422 g/mol. The van der Waals surface area contributed by atoms with Crippen LogP contribution in [0, 0.1) is 11.8 Å². The highest BCUT2D eigenvalue weighted by molar-refractivity contribution is 5.90. The normalized spacial score (nSPS) is 33.2. The monoisotopic (exact) mass is 422 g/mol. The second-order valence-electron chi connectivity index (χ2n) is 8.73. The van der Waals surface area contributed by atoms with Crippen molar-refractivity contribution in [3.8, 4) is 0 Å². The summed E-state index contributed by atoms with van der Waals surface area (Å²) in [7, 11) is 0. The molecule has 0 aromatic rings. The smallest absolute Gasteiger partial charge is 0.334 e. The topological polar surface area (TPSA) is 112 Å². The van der Waals surface area contributed by atoms with E-state index in [0.717, 1.165) is 5.57 Å². The molecule has 0 radical (unpaired) electrons. The zero-order valence-corrected chi connectivity index (χ0v) is 17.7. The van der Waals surface area contributed by atoms with Crippen LogP contribution in [-0.4, -0.2) is 60.1 Å². The SMILES string of the molecule is C=C1C(=O)OC2CC(COC(C)=O)=CCC3OC3(COC(=O)CC(C)C)C(O)CC12. The van der Waals surface area contributed by atoms with Crippen molar-refractivity contribution < 1.29 is 38.4 Å². The fourth-order valence-corrected chi connectivity index (χ4v) is 4.10. The van der Waals surface area contributed by atoms with Gasteiger partial charge in [-0.1, -0.05) is 26.5 Å². The molecule has 0 bridgehead atoms. The number of epoxide rings is 1. The fourth-order valence-electron chi connectivity index (χ4n) is 4.10. The first-order valence-electron chi connectivity index (χ1n) is 10.3. The minimum Gasteiger partial charge on any atom is -0.462 e. The number of carbonyl (C=O) groups excluding carboxylic acids is 3. The Bertz CT molecular complexity index is 754. The molecule has 5 unspecified atom stereocenters. The summed E-state index contributed by atoms with van der Waals surface area (Å²) in [5.41, 5.74) is 0.0830. The largest absolute Gasteiger partial charge is 0.462 e. The van der Waals surface area contributed by atoms with Crippen LogP contribution in [-0.2, 0) is 33.3 Å². The van der Waals surface area contributed by atoms with Gasteiger partial charge in [-0.15, -0.1) is 0 Å². The third kappa shape index (κ3) is 4.92. The minimum atomic E-state index is -1.02. The molecule has 5 atom stereocenters. The number of carbonyl (C=O) groups is 3. The van der Waals surface area contributed by atoms with Crippen molar-refractivity contribution in [2.75, 3.05) is 13.2 Å². The van der Waals surface area contributed by atoms with Crippen molar-refractivity contribution in [1.29, 1.82) is 0 Å². The van der Waals surface area contributed by atoms with E-state index in [0.29, 0.717) is 18.4 Å². The van der Waals surface area contributed by atoms with Gasteiger partial charge < -0.3 is 24.1 Å². The second kappa shape index (κ2) is 8.89. The summed E-state index contributed by atoms with van der Waals surface area (Å²) in [6, 6.07) is 0. The van der Waals surface area contributed by atoms with Gasteiger partial charge in [-0.2, -0.15) is 0 Å². The maximum absolute atomic E-state index is 12.1. The molecule has 8 heteroatoms. The van der Waals surface area contributed by atoms with Gasteiger partial charge in [-0.25, -0.2) is 4.79 Å². The molecule has 2 aliphatic heterocycles. The first-order valence-corrected chi connectivity index (χ1v) is 10.3. The maximum atomic E-state index is 12.1. The number of hydrogen-bond donors (Lipinski definition) is 1. The molecule has 1 aliphatic carbocycles. The van der Waals surface area contributed by atoms with Crippen molar-refractivity contribution in [2.45, 2.75) is 70.4 Å². The molecule has 3 aliphatic rings. The quantitative estimate of drug-likeness (QED) is 0.227. The van der Waals surface area contributed by atoms with E-state index in [1.54, 1.807) is 0 Å². The molecule has 0 spiro atoms. The van der Waals surface area contributed by atoms with Crippen LogP contribution >= 0.6 is 0 Å². The summed E-state index contributed by atoms with van der Waals surface area (Å²) >= 11 is 0. The van der Waals surface area contributed by atoms with Gasteiger partial charge in [-0.05, 0) is 24.3 Å². The van der Waals surface area contributed by atoms with Crippen LogP contribution in [0.4, 0.5) is 0 Å². The summed E-state index contributed by atoms with van der Waals surface area (Å²) in [5, 5.41) is 11.0. The molecule has 0 aromatic heterocycles. The molecule has 3 rings (SSSR count). The number of fused-ring (bicyclic) bond motifs is 2. The predicted molar refractivity (Wildman–Crippen MR) is 105 cm³/mol. The van der Waals surface area contributed by atoms with Crippen molar-refractivity contribution in [3.05, 3.63) is 23.8 Å². The molecule has 2 heterocycles. The Morgan fingerprint density at radius 1 is 1.37 bits per heavy atom. The van der Waals surface area contributed by atoms with Gasteiger partial charge in [0.15, 0.2) is 5.60 Å². The van der Waals surface area contributed by atoms with Crippen LogP contribution in [0.1, 0.15) is 46.5 Å². The minimum absolute atomic E-state index is 0.0594. The third-order valence-corrected chi connectivity index (χ3v) is 5.89. The Morgan fingerprint density at radius 3 is 2.77 bits per heavy atom. The summed E-state index contributed by atoms with van der Waals surface area (Å²) < 4.78 is 21.9. The van der Waals surface area contributed by atoms with E-state index in [1.165, 1.54) is 6.92 Å². The Labute approximate surface area is 176 Å². The fraction of sp³-hybridized carbons (Fsp3) is 0.682. The summed E-state index contributed by atoms with van der Waals surface area (Å²) in [5.74, 6) is -1.47. The summed E-state index contributed by atoms with van der Waals surface area (Å²) in [4.78, 5) is 35.3. The van der Waals surface area contributed by atoms with Gasteiger partial charge in [0.05, 0.1) is 12.2 Å². The molecule has 2 fully saturated rings. The highest BCUT2D eigenvalue weighted by atomic mass is 16.7. The van der Waals surface area contributed by atoms with Gasteiger partial charge in [-0.3, -0.25) is 9.59 Å². The molecule has 166 valence electrons. The molecule has 0 saturated carbocycles. The standard InChI is InChI=1S/C22H30O8/c1-12(2)7-20(25)28-11-22-18(24)9-16-13(3)21(26)29-17(16)8-15(10-27-14(4)23)5-6-19(22)30-22/h5,12,16-19,24H,3,6-11H2,1-2,4H3. The first-order chi connectivity index (χ1) is 14.1. The molecule has 0 aromatic carbocycles. The molecule has 2 saturated heterocycles. The first kappa shape index (κ1) is 22.5. The van der Waals surface area contributed by atoms with Gasteiger partial charge in [0, 0.05) is 31.3 Å². The lowest BCUT2D eigenvalue weighted by Gasteiger charge is -2.26. The van der Waals surface area contributed by atoms with Crippen molar-refractivity contribution in [1.82, 2.24) is 0 Å². The second-order valence-corrected chi connectivity index (χ2v) is 8.73. The summed E-state index contributed by atoms with van der Waals surface area (Å²) in [6.45, 7) is 9.04. The molecule has 0 amide bonds. The van der Waals surface area contributed by atoms with Gasteiger partial charge >= 0.3 is 17.9 Å². The number of hydrogen-bond acceptors (Lipinski definition) is 8. The van der Waals surface area contributed by atoms with E-state index < -0.39 is 35.7 Å². The van der Waals surface area contributed by atoms with Crippen LogP contribution in [0.2, 0.25) is 0 Å². The van der Waals surface area contributed by atoms with Gasteiger partial charge in [0.1, 0.15) is 19.3 Å². The number of ether oxygens (including phenoxy) is 4. The van der Waals surface area contributed by atoms with E-state index in [4.69, 9.17) is 18.9 Å². The van der Waals surface area contributed by atoms with Crippen LogP contribution in [0.5, 0.6) is 0 Å². The van der Waals surface area contributed by atoms with Crippen LogP contribution in [0.15, 0.2) is 23.8 Å². The molecule has 8 nitrogen and oxygen atoms in total. The summed E-state index contributed by atoms with van der Waals surface area (Å²) in [6.07, 6.45) is 1.43. The predicted octanol–water partition coefficient (Wildman–Crippen LogP) is 1.85. The Hall–Kier alpha value is -2.19. The Balaban J connectivity index is 1.79. The van der Waals surface area contributed by atoms with E-state index in [9.17, 15) is 19.5 Å². The van der Waals surface area contributed by atoms with Gasteiger partial charge in [0.2, 0.25) is 0 Å². The highest BCUT2D eigenvalue weighted by Gasteiger charge is 2.62. The van der Waals surface area contributed by atoms with Gasteiger partial charge in [0.25, 0.3) is 0 Å². The van der Waals surface area contributed by atoms with E-state index in [-0.39, 0.29) is 44.0 Å². The number of esters is 3. The highest BCUT2D eigenvalue weighted by Crippen LogP contribution is 2.47. The zero-order chi connectivity index (χ0) is 22.1. The van der Waals surface area contributed by atoms with Crippen molar-refractivity contribution in [2.24, 2.45) is 11.8 Å². The molecule has 30 heavy (non-hydrogen) atoms. The number of aliphatic hydroxyl groups is 1. The number of rotatable bonds is 6. The third-order valence-electron chi connectivity index (χ3n) is 5.89. The molecular weight excluding hydrogens is 392 g/mol. The van der Waals surface area contributed by atoms with Crippen molar-refractivity contribution >= 4 is 17.9 Å². The lowest BCUT2D eigenvalue weighted by molar-refractivity contribution is -0.148. The van der Waals surface area contributed by atoms with E-state index in [2.05, 4.69) is 6.58 Å². The Kier molecular flexibility index (Phi) is 6.67. The van der Waals surface area contributed by atoms with E-state index >= 15 is 0 Å².